The first-order valence-corrected chi connectivity index (χ1v) is 18.2. The lowest BCUT2D eigenvalue weighted by molar-refractivity contribution is -0.322. The van der Waals surface area contributed by atoms with Crippen molar-refractivity contribution in [3.05, 3.63) is 0 Å². The van der Waals surface area contributed by atoms with Crippen molar-refractivity contribution in [2.45, 2.75) is 225 Å². The van der Waals surface area contributed by atoms with Crippen LogP contribution < -0.4 is 5.11 Å². The van der Waals surface area contributed by atoms with Gasteiger partial charge in [0.15, 0.2) is 6.29 Å². The first-order chi connectivity index (χ1) is 19.6. The quantitative estimate of drug-likeness (QED) is 0.0620. The average molecular weight is 568 g/mol. The van der Waals surface area contributed by atoms with E-state index < -0.39 is 18.4 Å². The van der Waals surface area contributed by atoms with Crippen LogP contribution in [0.15, 0.2) is 0 Å². The van der Waals surface area contributed by atoms with E-state index >= 15 is 0 Å². The van der Waals surface area contributed by atoms with E-state index in [0.717, 1.165) is 32.1 Å². The highest BCUT2D eigenvalue weighted by Crippen LogP contribution is 2.17. The number of carbonyl (C=O) groups excluding carboxylic acids is 1. The molecule has 0 bridgehead atoms. The molecule has 0 aliphatic rings. The van der Waals surface area contributed by atoms with Gasteiger partial charge in [0.05, 0.1) is 12.1 Å². The summed E-state index contributed by atoms with van der Waals surface area (Å²) in [4.78, 5) is 11.5. The van der Waals surface area contributed by atoms with E-state index in [1.165, 1.54) is 154 Å². The lowest BCUT2D eigenvalue weighted by Gasteiger charge is -2.22. The third-order valence-corrected chi connectivity index (χ3v) is 8.46. The minimum atomic E-state index is -1.19. The van der Waals surface area contributed by atoms with Crippen molar-refractivity contribution in [3.63, 3.8) is 0 Å². The van der Waals surface area contributed by atoms with Gasteiger partial charge in [-0.05, 0) is 19.3 Å². The van der Waals surface area contributed by atoms with Gasteiger partial charge in [-0.15, -0.1) is 0 Å². The molecule has 4 nitrogen and oxygen atoms in total. The van der Waals surface area contributed by atoms with Gasteiger partial charge in [-0.1, -0.05) is 194 Å². The van der Waals surface area contributed by atoms with Crippen molar-refractivity contribution < 1.29 is 19.7 Å². The van der Waals surface area contributed by atoms with Crippen LogP contribution in [0.25, 0.3) is 0 Å². The number of aliphatic carboxylic acids is 1. The van der Waals surface area contributed by atoms with E-state index in [9.17, 15) is 15.0 Å². The fourth-order valence-electron chi connectivity index (χ4n) is 5.71. The molecule has 240 valence electrons. The average Bonchev–Trinajstić information content (AvgIpc) is 2.94. The summed E-state index contributed by atoms with van der Waals surface area (Å²) in [6, 6.07) is 0. The molecule has 2 atom stereocenters. The van der Waals surface area contributed by atoms with Crippen molar-refractivity contribution in [2.24, 2.45) is 0 Å². The van der Waals surface area contributed by atoms with Crippen molar-refractivity contribution in [2.75, 3.05) is 0 Å². The Kier molecular flexibility index (Phi) is 32.4. The Morgan fingerprint density at radius 1 is 0.475 bits per heavy atom. The highest BCUT2D eigenvalue weighted by Gasteiger charge is 2.15. The van der Waals surface area contributed by atoms with Gasteiger partial charge in [0.1, 0.15) is 0 Å². The Morgan fingerprint density at radius 2 is 0.725 bits per heavy atom. The molecule has 0 aliphatic heterocycles. The van der Waals surface area contributed by atoms with Gasteiger partial charge in [-0.3, -0.25) is 0 Å². The van der Waals surface area contributed by atoms with Gasteiger partial charge >= 0.3 is 0 Å². The molecule has 0 saturated heterocycles. The van der Waals surface area contributed by atoms with Crippen LogP contribution in [0.2, 0.25) is 0 Å². The van der Waals surface area contributed by atoms with Crippen LogP contribution in [0.3, 0.4) is 0 Å². The molecule has 2 unspecified atom stereocenters. The van der Waals surface area contributed by atoms with E-state index in [0.29, 0.717) is 12.8 Å². The Balaban J connectivity index is 3.51. The highest BCUT2D eigenvalue weighted by atomic mass is 16.6. The number of carboxylic acids is 1. The Morgan fingerprint density at radius 3 is 1.00 bits per heavy atom. The predicted octanol–water partition coefficient (Wildman–Crippen LogP) is 10.6. The molecule has 0 aliphatic carbocycles. The van der Waals surface area contributed by atoms with Gasteiger partial charge in [-0.2, -0.15) is 0 Å². The molecule has 0 heterocycles. The van der Waals surface area contributed by atoms with Gasteiger partial charge in [0.2, 0.25) is 0 Å². The molecule has 0 aromatic carbocycles. The second kappa shape index (κ2) is 32.9. The molecule has 0 spiro atoms. The standard InChI is InChI=1S/C36H72O4/c1-3-5-7-9-11-13-15-17-19-21-23-25-27-29-31-33-35(37)40-34(36(38)39)32-30-28-26-24-22-20-18-16-14-12-10-8-6-4-2/h34-35,37H,3-33H2,1-2H3,(H,38,39)/p-1. The van der Waals surface area contributed by atoms with Crippen LogP contribution in [-0.2, 0) is 9.53 Å². The number of unbranched alkanes of at least 4 members (excludes halogenated alkanes) is 27. The number of hydrogen-bond donors (Lipinski definition) is 1. The molecule has 0 rings (SSSR count). The number of aliphatic hydroxyl groups is 1. The van der Waals surface area contributed by atoms with Crippen LogP contribution in [0.1, 0.15) is 213 Å². The lowest BCUT2D eigenvalue weighted by atomic mass is 10.0. The summed E-state index contributed by atoms with van der Waals surface area (Å²) in [6.45, 7) is 4.54. The predicted molar refractivity (Wildman–Crippen MR) is 170 cm³/mol. The zero-order valence-electron chi connectivity index (χ0n) is 27.2. The first-order valence-electron chi connectivity index (χ1n) is 18.2. The van der Waals surface area contributed by atoms with Crippen LogP contribution >= 0.6 is 0 Å². The zero-order valence-corrected chi connectivity index (χ0v) is 27.2. The van der Waals surface area contributed by atoms with Crippen LogP contribution in [0.4, 0.5) is 0 Å². The normalized spacial score (nSPS) is 13.1. The summed E-state index contributed by atoms with van der Waals surface area (Å²) in [5, 5.41) is 21.6. The molecule has 40 heavy (non-hydrogen) atoms. The third kappa shape index (κ3) is 30.4. The molecule has 4 heteroatoms. The van der Waals surface area contributed by atoms with Crippen LogP contribution in [0.5, 0.6) is 0 Å². The summed E-state index contributed by atoms with van der Waals surface area (Å²) in [7, 11) is 0. The van der Waals surface area contributed by atoms with Crippen LogP contribution in [-0.4, -0.2) is 23.5 Å². The molecule has 0 radical (unpaired) electrons. The molecule has 0 aromatic rings. The Labute approximate surface area is 250 Å². The second-order valence-electron chi connectivity index (χ2n) is 12.5. The SMILES string of the molecule is CCCCCCCCCCCCCCCCCC(O)OC(CCCCCCCCCCCCCCCC)C(=O)[O-]. The third-order valence-electron chi connectivity index (χ3n) is 8.46. The van der Waals surface area contributed by atoms with Gasteiger partial charge < -0.3 is 19.7 Å². The topological polar surface area (TPSA) is 69.6 Å². The number of carboxylic acid groups (broad SMARTS) is 1. The molecular formula is C36H71O4-. The van der Waals surface area contributed by atoms with Gasteiger partial charge in [-0.25, -0.2) is 0 Å². The van der Waals surface area contributed by atoms with Crippen LogP contribution in [0, 0.1) is 0 Å². The van der Waals surface area contributed by atoms with Gasteiger partial charge in [0, 0.05) is 0 Å². The number of hydrogen-bond acceptors (Lipinski definition) is 4. The van der Waals surface area contributed by atoms with E-state index in [1.807, 2.05) is 0 Å². The van der Waals surface area contributed by atoms with E-state index in [-0.39, 0.29) is 0 Å². The fraction of sp³-hybridized carbons (Fsp3) is 0.972. The largest absolute Gasteiger partial charge is 0.547 e. The monoisotopic (exact) mass is 568 g/mol. The van der Waals surface area contributed by atoms with Crippen molar-refractivity contribution in [1.82, 2.24) is 0 Å². The molecule has 1 N–H and O–H groups in total. The Hall–Kier alpha value is -0.610. The Bertz CT molecular complexity index is 495. The minimum Gasteiger partial charge on any atom is -0.547 e. The summed E-state index contributed by atoms with van der Waals surface area (Å²) in [6.07, 6.45) is 36.4. The minimum absolute atomic E-state index is 0.441. The number of rotatable bonds is 34. The molecule has 0 amide bonds. The van der Waals surface area contributed by atoms with Crippen molar-refractivity contribution >= 4 is 5.97 Å². The van der Waals surface area contributed by atoms with Gasteiger partial charge in [0.25, 0.3) is 0 Å². The van der Waals surface area contributed by atoms with Crippen molar-refractivity contribution in [1.29, 1.82) is 0 Å². The zero-order chi connectivity index (χ0) is 29.4. The maximum atomic E-state index is 11.5. The number of carbonyl (C=O) groups is 1. The molecule has 0 saturated carbocycles. The molecule has 0 aromatic heterocycles. The highest BCUT2D eigenvalue weighted by molar-refractivity contribution is 5.69. The first kappa shape index (κ1) is 39.4. The van der Waals surface area contributed by atoms with E-state index in [4.69, 9.17) is 4.74 Å². The summed E-state index contributed by atoms with van der Waals surface area (Å²) in [5.41, 5.74) is 0. The maximum absolute atomic E-state index is 11.5. The van der Waals surface area contributed by atoms with E-state index in [2.05, 4.69) is 13.8 Å². The number of ether oxygens (including phenoxy) is 1. The second-order valence-corrected chi connectivity index (χ2v) is 12.5. The smallest absolute Gasteiger partial charge is 0.155 e. The molecular weight excluding hydrogens is 496 g/mol. The summed E-state index contributed by atoms with van der Waals surface area (Å²) in [5.74, 6) is -1.19. The number of aliphatic hydroxyl groups excluding tert-OH is 1. The molecule has 0 fully saturated rings. The maximum Gasteiger partial charge on any atom is 0.155 e. The van der Waals surface area contributed by atoms with E-state index in [1.54, 1.807) is 0 Å². The van der Waals surface area contributed by atoms with Crippen molar-refractivity contribution in [3.8, 4) is 0 Å². The summed E-state index contributed by atoms with van der Waals surface area (Å²) < 4.78 is 5.44. The lowest BCUT2D eigenvalue weighted by Crippen LogP contribution is -2.39. The fourth-order valence-corrected chi connectivity index (χ4v) is 5.71. The summed E-state index contributed by atoms with van der Waals surface area (Å²) >= 11 is 0.